The summed E-state index contributed by atoms with van der Waals surface area (Å²) in [5, 5.41) is 0. The molecule has 13 heavy (non-hydrogen) atoms. The van der Waals surface area contributed by atoms with Crippen molar-refractivity contribution >= 4 is 35.0 Å². The Labute approximate surface area is 82.1 Å². The van der Waals surface area contributed by atoms with Gasteiger partial charge in [0.05, 0.1) is 5.56 Å². The minimum Gasteiger partial charge on any atom is -0.385 e. The van der Waals surface area contributed by atoms with Crippen LogP contribution in [0.1, 0.15) is 30.5 Å². The fourth-order valence-corrected chi connectivity index (χ4v) is 4.11. The third-order valence-corrected chi connectivity index (χ3v) is 4.53. The first kappa shape index (κ1) is 7.58. The molecule has 3 rings (SSSR count). The number of rotatable bonds is 0. The Kier molecular flexibility index (Phi) is 1.38. The van der Waals surface area contributed by atoms with E-state index < -0.39 is 11.9 Å². The lowest BCUT2D eigenvalue weighted by Crippen LogP contribution is -1.99. The van der Waals surface area contributed by atoms with Gasteiger partial charge in [0, 0.05) is 16.4 Å². The standard InChI is InChI=1S/C8H4O3S2/c9-7-5-3-1-12-2-4(3)13-6(5)8(10)11-7/h1-2H2. The van der Waals surface area contributed by atoms with E-state index in [1.165, 1.54) is 16.2 Å². The molecule has 0 atom stereocenters. The van der Waals surface area contributed by atoms with Crippen molar-refractivity contribution in [3.63, 3.8) is 0 Å². The molecular weight excluding hydrogens is 208 g/mol. The highest BCUT2D eigenvalue weighted by Crippen LogP contribution is 2.42. The number of ether oxygens (including phenoxy) is 1. The fraction of sp³-hybridized carbons (Fsp3) is 0.250. The van der Waals surface area contributed by atoms with Crippen molar-refractivity contribution in [2.24, 2.45) is 0 Å². The summed E-state index contributed by atoms with van der Waals surface area (Å²) in [7, 11) is 0. The molecule has 66 valence electrons. The zero-order valence-electron chi connectivity index (χ0n) is 6.46. The summed E-state index contributed by atoms with van der Waals surface area (Å²) in [6.07, 6.45) is 0. The number of esters is 2. The first-order valence-electron chi connectivity index (χ1n) is 3.76. The summed E-state index contributed by atoms with van der Waals surface area (Å²) in [5.41, 5.74) is 1.57. The highest BCUT2D eigenvalue weighted by molar-refractivity contribution is 7.98. The summed E-state index contributed by atoms with van der Waals surface area (Å²) in [4.78, 5) is 24.1. The predicted octanol–water partition coefficient (Wildman–Crippen LogP) is 1.81. The van der Waals surface area contributed by atoms with E-state index in [0.29, 0.717) is 10.4 Å². The lowest BCUT2D eigenvalue weighted by atomic mass is 10.1. The third-order valence-electron chi connectivity index (χ3n) is 2.15. The zero-order valence-corrected chi connectivity index (χ0v) is 8.09. The second-order valence-corrected chi connectivity index (χ2v) is 4.97. The molecule has 0 aromatic carbocycles. The van der Waals surface area contributed by atoms with E-state index in [4.69, 9.17) is 0 Å². The lowest BCUT2D eigenvalue weighted by Gasteiger charge is -1.90. The topological polar surface area (TPSA) is 43.4 Å². The summed E-state index contributed by atoms with van der Waals surface area (Å²) >= 11 is 3.18. The number of thioether (sulfide) groups is 1. The Morgan fingerprint density at radius 3 is 2.85 bits per heavy atom. The van der Waals surface area contributed by atoms with Gasteiger partial charge in [0.25, 0.3) is 0 Å². The average Bonchev–Trinajstić information content (AvgIpc) is 2.63. The van der Waals surface area contributed by atoms with Gasteiger partial charge in [-0.25, -0.2) is 9.59 Å². The van der Waals surface area contributed by atoms with Gasteiger partial charge in [-0.15, -0.1) is 11.3 Å². The number of fused-ring (bicyclic) bond motifs is 3. The molecular formula is C8H4O3S2. The van der Waals surface area contributed by atoms with Crippen molar-refractivity contribution in [3.8, 4) is 0 Å². The van der Waals surface area contributed by atoms with Crippen LogP contribution < -0.4 is 0 Å². The lowest BCUT2D eigenvalue weighted by molar-refractivity contribution is 0.0445. The van der Waals surface area contributed by atoms with Gasteiger partial charge < -0.3 is 4.74 Å². The molecule has 0 N–H and O–H groups in total. The van der Waals surface area contributed by atoms with Crippen LogP contribution in [0.5, 0.6) is 0 Å². The number of hydrogen-bond donors (Lipinski definition) is 0. The quantitative estimate of drug-likeness (QED) is 0.486. The Hall–Kier alpha value is -0.810. The number of thiophene rings is 1. The summed E-state index contributed by atoms with van der Waals surface area (Å²) in [6.45, 7) is 0. The number of carbonyl (C=O) groups is 2. The summed E-state index contributed by atoms with van der Waals surface area (Å²) in [6, 6.07) is 0. The van der Waals surface area contributed by atoms with E-state index in [1.54, 1.807) is 11.8 Å². The van der Waals surface area contributed by atoms with Crippen molar-refractivity contribution in [2.75, 3.05) is 0 Å². The normalized spacial score (nSPS) is 18.8. The highest BCUT2D eigenvalue weighted by atomic mass is 32.2. The van der Waals surface area contributed by atoms with Gasteiger partial charge in [-0.1, -0.05) is 0 Å². The van der Waals surface area contributed by atoms with Crippen molar-refractivity contribution in [2.45, 2.75) is 11.5 Å². The van der Waals surface area contributed by atoms with Crippen molar-refractivity contribution in [1.82, 2.24) is 0 Å². The van der Waals surface area contributed by atoms with Crippen LogP contribution in [0.3, 0.4) is 0 Å². The second kappa shape index (κ2) is 2.36. The molecule has 1 aromatic heterocycles. The molecule has 0 saturated carbocycles. The number of carbonyl (C=O) groups excluding carboxylic acids is 2. The van der Waals surface area contributed by atoms with E-state index in [-0.39, 0.29) is 0 Å². The van der Waals surface area contributed by atoms with Crippen molar-refractivity contribution in [3.05, 3.63) is 20.9 Å². The molecule has 3 heterocycles. The molecule has 5 heteroatoms. The molecule has 0 fully saturated rings. The fourth-order valence-electron chi connectivity index (χ4n) is 1.57. The molecule has 0 saturated heterocycles. The Morgan fingerprint density at radius 2 is 2.00 bits per heavy atom. The Balaban J connectivity index is 2.30. The van der Waals surface area contributed by atoms with Gasteiger partial charge in [-0.05, 0) is 5.56 Å². The van der Waals surface area contributed by atoms with Crippen LogP contribution in [0.15, 0.2) is 0 Å². The molecule has 0 radical (unpaired) electrons. The van der Waals surface area contributed by atoms with Crippen molar-refractivity contribution in [1.29, 1.82) is 0 Å². The molecule has 0 spiro atoms. The van der Waals surface area contributed by atoms with Crippen LogP contribution in [-0.4, -0.2) is 11.9 Å². The van der Waals surface area contributed by atoms with E-state index >= 15 is 0 Å². The monoisotopic (exact) mass is 212 g/mol. The molecule has 0 aliphatic carbocycles. The van der Waals surface area contributed by atoms with E-state index in [1.807, 2.05) is 0 Å². The minimum absolute atomic E-state index is 0.458. The van der Waals surface area contributed by atoms with Gasteiger partial charge in [0.15, 0.2) is 0 Å². The van der Waals surface area contributed by atoms with Gasteiger partial charge in [0.2, 0.25) is 0 Å². The SMILES string of the molecule is O=C1OC(=O)c2c1sc1c2CSC1. The molecule has 2 aliphatic rings. The average molecular weight is 212 g/mol. The maximum absolute atomic E-state index is 11.3. The minimum atomic E-state index is -0.468. The van der Waals surface area contributed by atoms with Gasteiger partial charge in [-0.3, -0.25) is 0 Å². The maximum Gasteiger partial charge on any atom is 0.357 e. The van der Waals surface area contributed by atoms with E-state index in [2.05, 4.69) is 4.74 Å². The van der Waals surface area contributed by atoms with Gasteiger partial charge in [0.1, 0.15) is 4.88 Å². The highest BCUT2D eigenvalue weighted by Gasteiger charge is 2.37. The maximum atomic E-state index is 11.3. The number of cyclic esters (lactones) is 2. The van der Waals surface area contributed by atoms with E-state index in [0.717, 1.165) is 17.1 Å². The Bertz CT molecular complexity index is 433. The largest absolute Gasteiger partial charge is 0.385 e. The summed E-state index contributed by atoms with van der Waals surface area (Å²) < 4.78 is 4.52. The van der Waals surface area contributed by atoms with Crippen LogP contribution in [0.4, 0.5) is 0 Å². The second-order valence-electron chi connectivity index (χ2n) is 2.88. The summed E-state index contributed by atoms with van der Waals surface area (Å²) in [5.74, 6) is 0.835. The molecule has 3 nitrogen and oxygen atoms in total. The van der Waals surface area contributed by atoms with Gasteiger partial charge >= 0.3 is 11.9 Å². The van der Waals surface area contributed by atoms with Crippen LogP contribution in [0.25, 0.3) is 0 Å². The molecule has 2 aliphatic heterocycles. The first-order chi connectivity index (χ1) is 6.27. The van der Waals surface area contributed by atoms with E-state index in [9.17, 15) is 9.59 Å². The zero-order chi connectivity index (χ0) is 9.00. The van der Waals surface area contributed by atoms with Crippen LogP contribution >= 0.6 is 23.1 Å². The molecule has 1 aromatic rings. The predicted molar refractivity (Wildman–Crippen MR) is 49.1 cm³/mol. The third kappa shape index (κ3) is 0.858. The number of hydrogen-bond acceptors (Lipinski definition) is 5. The first-order valence-corrected chi connectivity index (χ1v) is 5.73. The Morgan fingerprint density at radius 1 is 1.15 bits per heavy atom. The van der Waals surface area contributed by atoms with Crippen LogP contribution in [-0.2, 0) is 16.2 Å². The smallest absolute Gasteiger partial charge is 0.357 e. The molecule has 0 bridgehead atoms. The van der Waals surface area contributed by atoms with Gasteiger partial charge in [-0.2, -0.15) is 11.8 Å². The van der Waals surface area contributed by atoms with Crippen LogP contribution in [0, 0.1) is 0 Å². The molecule has 0 amide bonds. The van der Waals surface area contributed by atoms with Crippen LogP contribution in [0.2, 0.25) is 0 Å². The van der Waals surface area contributed by atoms with Crippen molar-refractivity contribution < 1.29 is 14.3 Å². The molecule has 0 unspecified atom stereocenters.